The van der Waals surface area contributed by atoms with E-state index >= 15 is 0 Å². The zero-order valence-electron chi connectivity index (χ0n) is 11.3. The first-order valence-corrected chi connectivity index (χ1v) is 7.63. The molecule has 0 aliphatic heterocycles. The minimum Gasteiger partial charge on any atom is -0.388 e. The van der Waals surface area contributed by atoms with Crippen molar-refractivity contribution in [1.82, 2.24) is 0 Å². The van der Waals surface area contributed by atoms with Crippen LogP contribution in [0.3, 0.4) is 0 Å². The molecule has 19 heavy (non-hydrogen) atoms. The molecule has 0 spiro atoms. The highest BCUT2D eigenvalue weighted by atomic mass is 32.2. The predicted molar refractivity (Wildman–Crippen MR) is 81.5 cm³/mol. The molecule has 0 radical (unpaired) electrons. The van der Waals surface area contributed by atoms with Gasteiger partial charge in [0, 0.05) is 9.79 Å². The summed E-state index contributed by atoms with van der Waals surface area (Å²) in [7, 11) is 0. The predicted octanol–water partition coefficient (Wildman–Crippen LogP) is 5.06. The number of unbranched alkanes of at least 4 members (excludes halogenated alkanes) is 1. The molecule has 2 heteroatoms. The summed E-state index contributed by atoms with van der Waals surface area (Å²) in [6, 6.07) is 18.4. The first-order valence-electron chi connectivity index (χ1n) is 6.81. The van der Waals surface area contributed by atoms with Gasteiger partial charge in [-0.05, 0) is 30.2 Å². The molecule has 0 amide bonds. The second-order valence-corrected chi connectivity index (χ2v) is 5.73. The number of aliphatic hydroxyl groups is 1. The Morgan fingerprint density at radius 3 is 2.42 bits per heavy atom. The van der Waals surface area contributed by atoms with Crippen LogP contribution in [0.2, 0.25) is 0 Å². The van der Waals surface area contributed by atoms with Crippen molar-refractivity contribution in [3.8, 4) is 0 Å². The summed E-state index contributed by atoms with van der Waals surface area (Å²) in [5.41, 5.74) is 1.05. The normalized spacial score (nSPS) is 12.3. The first kappa shape index (κ1) is 14.2. The number of benzene rings is 2. The van der Waals surface area contributed by atoms with Crippen LogP contribution in [0.15, 0.2) is 64.4 Å². The lowest BCUT2D eigenvalue weighted by molar-refractivity contribution is 0.161. The Labute approximate surface area is 119 Å². The van der Waals surface area contributed by atoms with E-state index in [9.17, 15) is 5.11 Å². The van der Waals surface area contributed by atoms with E-state index in [4.69, 9.17) is 0 Å². The van der Waals surface area contributed by atoms with E-state index in [1.807, 2.05) is 36.4 Å². The molecular weight excluding hydrogens is 252 g/mol. The summed E-state index contributed by atoms with van der Waals surface area (Å²) in [5.74, 6) is 0. The lowest BCUT2D eigenvalue weighted by Crippen LogP contribution is -1.99. The molecule has 2 aromatic carbocycles. The molecule has 0 aliphatic carbocycles. The Morgan fingerprint density at radius 1 is 1.00 bits per heavy atom. The molecule has 1 nitrogen and oxygen atoms in total. The highest BCUT2D eigenvalue weighted by Gasteiger charge is 2.12. The van der Waals surface area contributed by atoms with Gasteiger partial charge in [0.05, 0.1) is 6.10 Å². The highest BCUT2D eigenvalue weighted by molar-refractivity contribution is 7.99. The number of aliphatic hydroxyl groups excluding tert-OH is 1. The van der Waals surface area contributed by atoms with Gasteiger partial charge < -0.3 is 5.11 Å². The second kappa shape index (κ2) is 7.37. The minimum atomic E-state index is -0.354. The van der Waals surface area contributed by atoms with Crippen LogP contribution in [0, 0.1) is 0 Å². The van der Waals surface area contributed by atoms with E-state index < -0.39 is 0 Å². The number of hydrogen-bond donors (Lipinski definition) is 1. The molecule has 100 valence electrons. The zero-order valence-corrected chi connectivity index (χ0v) is 12.1. The van der Waals surface area contributed by atoms with Crippen molar-refractivity contribution in [2.45, 2.75) is 42.1 Å². The average Bonchev–Trinajstić information content (AvgIpc) is 2.46. The van der Waals surface area contributed by atoms with Crippen LogP contribution in [0.1, 0.15) is 37.9 Å². The van der Waals surface area contributed by atoms with Gasteiger partial charge >= 0.3 is 0 Å². The molecule has 0 aliphatic rings. The maximum Gasteiger partial charge on any atom is 0.0801 e. The van der Waals surface area contributed by atoms with E-state index in [-0.39, 0.29) is 6.10 Å². The van der Waals surface area contributed by atoms with Crippen LogP contribution in [0.5, 0.6) is 0 Å². The third-order valence-corrected chi connectivity index (χ3v) is 4.18. The zero-order chi connectivity index (χ0) is 13.5. The largest absolute Gasteiger partial charge is 0.388 e. The van der Waals surface area contributed by atoms with Gasteiger partial charge in [0.1, 0.15) is 0 Å². The molecule has 0 fully saturated rings. The van der Waals surface area contributed by atoms with Crippen molar-refractivity contribution >= 4 is 11.8 Å². The lowest BCUT2D eigenvalue weighted by Gasteiger charge is -2.15. The number of rotatable bonds is 6. The highest BCUT2D eigenvalue weighted by Crippen LogP contribution is 2.34. The van der Waals surface area contributed by atoms with Crippen LogP contribution >= 0.6 is 11.8 Å². The Hall–Kier alpha value is -1.25. The smallest absolute Gasteiger partial charge is 0.0801 e. The van der Waals surface area contributed by atoms with Crippen LogP contribution < -0.4 is 0 Å². The molecular formula is C17H20OS. The van der Waals surface area contributed by atoms with Crippen molar-refractivity contribution in [3.63, 3.8) is 0 Å². The Kier molecular flexibility index (Phi) is 5.49. The molecule has 2 aromatic rings. The van der Waals surface area contributed by atoms with E-state index in [2.05, 4.69) is 25.1 Å². The fraction of sp³-hybridized carbons (Fsp3) is 0.294. The van der Waals surface area contributed by atoms with Crippen LogP contribution in [-0.2, 0) is 0 Å². The van der Waals surface area contributed by atoms with Gasteiger partial charge in [0.25, 0.3) is 0 Å². The SMILES string of the molecule is CCCCC(O)c1ccccc1Sc1ccccc1. The Morgan fingerprint density at radius 2 is 1.68 bits per heavy atom. The van der Waals surface area contributed by atoms with Gasteiger partial charge in [-0.1, -0.05) is 67.9 Å². The molecule has 0 aromatic heterocycles. The van der Waals surface area contributed by atoms with Crippen LogP contribution in [-0.4, -0.2) is 5.11 Å². The summed E-state index contributed by atoms with van der Waals surface area (Å²) >= 11 is 1.72. The topological polar surface area (TPSA) is 20.2 Å². The van der Waals surface area contributed by atoms with Crippen molar-refractivity contribution < 1.29 is 5.11 Å². The molecule has 1 atom stereocenters. The van der Waals surface area contributed by atoms with Gasteiger partial charge in [-0.3, -0.25) is 0 Å². The minimum absolute atomic E-state index is 0.354. The molecule has 0 saturated heterocycles. The molecule has 1 unspecified atom stereocenters. The molecule has 2 rings (SSSR count). The van der Waals surface area contributed by atoms with Crippen molar-refractivity contribution in [2.24, 2.45) is 0 Å². The maximum absolute atomic E-state index is 10.3. The van der Waals surface area contributed by atoms with Crippen LogP contribution in [0.4, 0.5) is 0 Å². The number of hydrogen-bond acceptors (Lipinski definition) is 2. The Balaban J connectivity index is 2.16. The monoisotopic (exact) mass is 272 g/mol. The maximum atomic E-state index is 10.3. The first-order chi connectivity index (χ1) is 9.31. The van der Waals surface area contributed by atoms with E-state index in [1.54, 1.807) is 11.8 Å². The van der Waals surface area contributed by atoms with Gasteiger partial charge in [0.15, 0.2) is 0 Å². The molecule has 0 heterocycles. The second-order valence-electron chi connectivity index (χ2n) is 4.61. The van der Waals surface area contributed by atoms with Gasteiger partial charge in [-0.15, -0.1) is 0 Å². The third-order valence-electron chi connectivity index (χ3n) is 3.08. The van der Waals surface area contributed by atoms with E-state index in [0.717, 1.165) is 29.7 Å². The summed E-state index contributed by atoms with van der Waals surface area (Å²) < 4.78 is 0. The summed E-state index contributed by atoms with van der Waals surface area (Å²) in [6.45, 7) is 2.15. The summed E-state index contributed by atoms with van der Waals surface area (Å²) in [4.78, 5) is 2.36. The van der Waals surface area contributed by atoms with Crippen LogP contribution in [0.25, 0.3) is 0 Å². The standard InChI is InChI=1S/C17H20OS/c1-2-3-12-16(18)15-11-7-8-13-17(15)19-14-9-5-4-6-10-14/h4-11,13,16,18H,2-3,12H2,1H3. The summed E-state index contributed by atoms with van der Waals surface area (Å²) in [6.07, 6.45) is 2.66. The van der Waals surface area contributed by atoms with E-state index in [0.29, 0.717) is 0 Å². The molecule has 1 N–H and O–H groups in total. The lowest BCUT2D eigenvalue weighted by atomic mass is 10.0. The van der Waals surface area contributed by atoms with E-state index in [1.165, 1.54) is 4.90 Å². The van der Waals surface area contributed by atoms with Crippen molar-refractivity contribution in [1.29, 1.82) is 0 Å². The quantitative estimate of drug-likeness (QED) is 0.793. The van der Waals surface area contributed by atoms with Gasteiger partial charge in [-0.25, -0.2) is 0 Å². The van der Waals surface area contributed by atoms with Gasteiger partial charge in [-0.2, -0.15) is 0 Å². The average molecular weight is 272 g/mol. The fourth-order valence-electron chi connectivity index (χ4n) is 2.02. The van der Waals surface area contributed by atoms with Gasteiger partial charge in [0.2, 0.25) is 0 Å². The molecule has 0 saturated carbocycles. The third kappa shape index (κ3) is 4.12. The Bertz CT molecular complexity index is 496. The van der Waals surface area contributed by atoms with Crippen molar-refractivity contribution in [2.75, 3.05) is 0 Å². The van der Waals surface area contributed by atoms with Crippen molar-refractivity contribution in [3.05, 3.63) is 60.2 Å². The fourth-order valence-corrected chi connectivity index (χ4v) is 3.03. The molecule has 0 bridgehead atoms. The summed E-state index contributed by atoms with van der Waals surface area (Å²) in [5, 5.41) is 10.3.